The van der Waals surface area contributed by atoms with Crippen molar-refractivity contribution < 1.29 is 10.6 Å². The minimum atomic E-state index is -1.33. The van der Waals surface area contributed by atoms with Gasteiger partial charge in [-0.15, -0.1) is 0 Å². The summed E-state index contributed by atoms with van der Waals surface area (Å²) in [5, 5.41) is 9.73. The highest BCUT2D eigenvalue weighted by Gasteiger charge is 2.60. The van der Waals surface area contributed by atoms with Crippen molar-refractivity contribution in [1.29, 1.82) is 0 Å². The van der Waals surface area contributed by atoms with E-state index in [1.54, 1.807) is 0 Å². The second-order valence-electron chi connectivity index (χ2n) is 3.01. The first kappa shape index (κ1) is 2.39. The van der Waals surface area contributed by atoms with E-state index in [0.29, 0.717) is 0 Å². The molecule has 0 heterocycles. The van der Waals surface area contributed by atoms with Gasteiger partial charge in [0.05, 0.1) is 8.85 Å². The second-order valence-corrected chi connectivity index (χ2v) is 3.01. The van der Waals surface area contributed by atoms with Crippen LogP contribution >= 0.6 is 0 Å². The van der Waals surface area contributed by atoms with Crippen molar-refractivity contribution in [3.63, 3.8) is 0 Å². The molecule has 1 N–H and O–H groups in total. The van der Waals surface area contributed by atoms with E-state index < -0.39 is 17.9 Å². The highest BCUT2D eigenvalue weighted by Crippen LogP contribution is 2.62. The SMILES string of the molecule is [2H]C1=C([2H])[C@]2([2H])C(O)[C@@]1([2H])[C@@H]1C[C@@H]12. The Morgan fingerprint density at radius 3 is 2.44 bits per heavy atom. The first-order chi connectivity index (χ1) is 5.95. The quantitative estimate of drug-likeness (QED) is 0.476. The third kappa shape index (κ3) is 0.351. The maximum absolute atomic E-state index is 9.73. The molecule has 0 aromatic heterocycles. The van der Waals surface area contributed by atoms with E-state index in [9.17, 15) is 5.11 Å². The van der Waals surface area contributed by atoms with Crippen molar-refractivity contribution in [2.75, 3.05) is 0 Å². The largest absolute Gasteiger partial charge is 0.392 e. The van der Waals surface area contributed by atoms with Crippen LogP contribution in [0.3, 0.4) is 0 Å². The molecule has 0 aliphatic heterocycles. The number of rotatable bonds is 0. The third-order valence-electron chi connectivity index (χ3n) is 2.53. The molecule has 0 saturated heterocycles. The van der Waals surface area contributed by atoms with Crippen molar-refractivity contribution in [1.82, 2.24) is 0 Å². The molecular weight excluding hydrogens is 112 g/mol. The van der Waals surface area contributed by atoms with E-state index in [-0.39, 0.29) is 23.9 Å². The number of aliphatic hydroxyl groups excluding tert-OH is 1. The molecule has 2 bridgehead atoms. The Morgan fingerprint density at radius 1 is 1.44 bits per heavy atom. The lowest BCUT2D eigenvalue weighted by Crippen LogP contribution is -2.16. The van der Waals surface area contributed by atoms with Gasteiger partial charge in [0.1, 0.15) is 0 Å². The lowest BCUT2D eigenvalue weighted by atomic mass is 10.0. The van der Waals surface area contributed by atoms with Gasteiger partial charge < -0.3 is 5.11 Å². The predicted octanol–water partition coefficient (Wildman–Crippen LogP) is 0.799. The van der Waals surface area contributed by atoms with Crippen LogP contribution in [0.4, 0.5) is 0 Å². The molecule has 1 unspecified atom stereocenters. The van der Waals surface area contributed by atoms with Crippen molar-refractivity contribution >= 4 is 0 Å². The number of aliphatic hydroxyl groups is 1. The second kappa shape index (κ2) is 1.10. The summed E-state index contributed by atoms with van der Waals surface area (Å²) < 4.78 is 31.0. The van der Waals surface area contributed by atoms with Crippen molar-refractivity contribution in [3.05, 3.63) is 12.1 Å². The van der Waals surface area contributed by atoms with E-state index in [0.717, 1.165) is 6.42 Å². The van der Waals surface area contributed by atoms with Crippen molar-refractivity contribution in [2.24, 2.45) is 23.6 Å². The van der Waals surface area contributed by atoms with Crippen LogP contribution in [0, 0.1) is 23.6 Å². The maximum atomic E-state index is 9.73. The van der Waals surface area contributed by atoms with Gasteiger partial charge in [0.2, 0.25) is 0 Å². The summed E-state index contributed by atoms with van der Waals surface area (Å²) in [6.07, 6.45) is -0.418. The van der Waals surface area contributed by atoms with Crippen LogP contribution in [-0.2, 0) is 0 Å². The zero-order chi connectivity index (χ0) is 9.59. The van der Waals surface area contributed by atoms with Crippen molar-refractivity contribution in [3.8, 4) is 0 Å². The zero-order valence-corrected chi connectivity index (χ0v) is 4.89. The molecule has 48 valence electrons. The Kier molecular flexibility index (Phi) is 0.293. The van der Waals surface area contributed by atoms with Gasteiger partial charge in [0, 0.05) is 14.5 Å². The summed E-state index contributed by atoms with van der Waals surface area (Å²) in [5.41, 5.74) is 0. The molecule has 0 aromatic rings. The van der Waals surface area contributed by atoms with Crippen LogP contribution in [0.25, 0.3) is 0 Å². The Bertz CT molecular complexity index is 311. The van der Waals surface area contributed by atoms with E-state index in [1.165, 1.54) is 0 Å². The third-order valence-corrected chi connectivity index (χ3v) is 2.53. The molecule has 1 nitrogen and oxygen atoms in total. The number of hydrogen-bond donors (Lipinski definition) is 1. The molecule has 5 atom stereocenters. The molecule has 2 saturated carbocycles. The Balaban J connectivity index is 2.26. The van der Waals surface area contributed by atoms with E-state index in [2.05, 4.69) is 0 Å². The average molecular weight is 126 g/mol. The van der Waals surface area contributed by atoms with Crippen LogP contribution in [-0.4, -0.2) is 11.2 Å². The minimum Gasteiger partial charge on any atom is -0.392 e. The van der Waals surface area contributed by atoms with Crippen LogP contribution in [0.5, 0.6) is 0 Å². The topological polar surface area (TPSA) is 20.2 Å². The molecule has 0 radical (unpaired) electrons. The van der Waals surface area contributed by atoms with Crippen LogP contribution in [0.15, 0.2) is 12.1 Å². The maximum Gasteiger partial charge on any atom is 0.0670 e. The fraction of sp³-hybridized carbons (Fsp3) is 0.750. The molecule has 1 heteroatoms. The molecule has 3 rings (SSSR count). The predicted molar refractivity (Wildman–Crippen MR) is 33.7 cm³/mol. The molecule has 2 fully saturated rings. The number of fused-ring (bicyclic) bond motifs is 5. The van der Waals surface area contributed by atoms with Crippen LogP contribution in [0.2, 0.25) is 0 Å². The Hall–Kier alpha value is -0.300. The zero-order valence-electron chi connectivity index (χ0n) is 8.89. The van der Waals surface area contributed by atoms with Gasteiger partial charge in [-0.3, -0.25) is 0 Å². The highest BCUT2D eigenvalue weighted by molar-refractivity contribution is 5.24. The number of hydrogen-bond acceptors (Lipinski definition) is 1. The van der Waals surface area contributed by atoms with Crippen molar-refractivity contribution in [2.45, 2.75) is 12.5 Å². The molecule has 9 heavy (non-hydrogen) atoms. The lowest BCUT2D eigenvalue weighted by molar-refractivity contribution is 0.118. The first-order valence-corrected chi connectivity index (χ1v) is 3.31. The van der Waals surface area contributed by atoms with E-state index in [1.807, 2.05) is 0 Å². The van der Waals surface area contributed by atoms with E-state index >= 15 is 0 Å². The van der Waals surface area contributed by atoms with E-state index in [4.69, 9.17) is 5.48 Å². The normalized spacial score (nSPS) is 91.4. The standard InChI is InChI=1S/C8H10O/c9-8-4-1-2-5(8)7-3-6(4)7/h1-2,4-9H,3H2/t4-,5+,6+,7-,8?/i1D,2D,4D,5D. The summed E-state index contributed by atoms with van der Waals surface area (Å²) >= 11 is 0. The smallest absolute Gasteiger partial charge is 0.0670 e. The van der Waals surface area contributed by atoms with Gasteiger partial charge in [-0.05, 0) is 18.3 Å². The van der Waals surface area contributed by atoms with Crippen LogP contribution in [0.1, 0.15) is 11.9 Å². The minimum absolute atomic E-state index is 0.0402. The van der Waals surface area contributed by atoms with Gasteiger partial charge in [-0.25, -0.2) is 0 Å². The fourth-order valence-corrected chi connectivity index (χ4v) is 1.92. The van der Waals surface area contributed by atoms with Gasteiger partial charge in [-0.2, -0.15) is 0 Å². The highest BCUT2D eigenvalue weighted by atomic mass is 16.3. The monoisotopic (exact) mass is 126 g/mol. The fourth-order valence-electron chi connectivity index (χ4n) is 1.92. The summed E-state index contributed by atoms with van der Waals surface area (Å²) in [6.45, 7) is 0. The molecular formula is C8H10O. The molecule has 0 aromatic carbocycles. The summed E-state index contributed by atoms with van der Waals surface area (Å²) in [4.78, 5) is 0. The Morgan fingerprint density at radius 2 is 2.00 bits per heavy atom. The van der Waals surface area contributed by atoms with Gasteiger partial charge in [0.25, 0.3) is 0 Å². The summed E-state index contributed by atoms with van der Waals surface area (Å²) in [6, 6.07) is -0.262. The molecule has 0 spiro atoms. The van der Waals surface area contributed by atoms with Gasteiger partial charge in [-0.1, -0.05) is 12.1 Å². The van der Waals surface area contributed by atoms with Crippen LogP contribution < -0.4 is 0 Å². The average Bonchev–Trinajstić information content (AvgIpc) is 2.84. The molecule has 3 aliphatic rings. The Labute approximate surface area is 60.0 Å². The lowest BCUT2D eigenvalue weighted by Gasteiger charge is -2.10. The van der Waals surface area contributed by atoms with Gasteiger partial charge in [0.15, 0.2) is 0 Å². The summed E-state index contributed by atoms with van der Waals surface area (Å²) in [5.74, 6) is -2.74. The van der Waals surface area contributed by atoms with Gasteiger partial charge >= 0.3 is 0 Å². The summed E-state index contributed by atoms with van der Waals surface area (Å²) in [7, 11) is 0. The first-order valence-electron chi connectivity index (χ1n) is 5.31. The molecule has 3 aliphatic carbocycles. The molecule has 0 amide bonds.